The zero-order chi connectivity index (χ0) is 13.2. The molecule has 94 valence electrons. The summed E-state index contributed by atoms with van der Waals surface area (Å²) in [5, 5.41) is 7.06. The summed E-state index contributed by atoms with van der Waals surface area (Å²) in [7, 11) is 0. The van der Waals surface area contributed by atoms with Crippen LogP contribution < -0.4 is 5.73 Å². The summed E-state index contributed by atoms with van der Waals surface area (Å²) < 4.78 is 0. The fraction of sp³-hybridized carbons (Fsp3) is 0.0714. The molecule has 0 aromatic carbocycles. The highest BCUT2D eigenvalue weighted by atomic mass is 15.2. The fourth-order valence-electron chi connectivity index (χ4n) is 2.04. The Hall–Kier alpha value is -2.69. The van der Waals surface area contributed by atoms with Crippen LogP contribution in [0.2, 0.25) is 0 Å². The number of aryl methyl sites for hydroxylation is 1. The lowest BCUT2D eigenvalue weighted by atomic mass is 10.1. The molecular weight excluding hydrogens is 238 g/mol. The number of anilines is 1. The molecular formula is C14H13N5. The van der Waals surface area contributed by atoms with Crippen molar-refractivity contribution in [3.63, 3.8) is 0 Å². The zero-order valence-electron chi connectivity index (χ0n) is 10.5. The van der Waals surface area contributed by atoms with Crippen molar-refractivity contribution in [3.05, 3.63) is 48.4 Å². The summed E-state index contributed by atoms with van der Waals surface area (Å²) in [5.41, 5.74) is 10.4. The van der Waals surface area contributed by atoms with E-state index in [-0.39, 0.29) is 0 Å². The zero-order valence-corrected chi connectivity index (χ0v) is 10.5. The van der Waals surface area contributed by atoms with Crippen LogP contribution >= 0.6 is 0 Å². The number of aromatic amines is 1. The second-order valence-corrected chi connectivity index (χ2v) is 4.26. The largest absolute Gasteiger partial charge is 0.382 e. The molecule has 0 fully saturated rings. The van der Waals surface area contributed by atoms with Gasteiger partial charge in [0.2, 0.25) is 0 Å². The molecule has 5 nitrogen and oxygen atoms in total. The molecule has 3 aromatic rings. The molecule has 0 saturated heterocycles. The minimum absolute atomic E-state index is 0.447. The number of H-pyrrole nitrogens is 1. The Morgan fingerprint density at radius 3 is 2.74 bits per heavy atom. The molecule has 5 heteroatoms. The highest BCUT2D eigenvalue weighted by molar-refractivity contribution is 5.86. The quantitative estimate of drug-likeness (QED) is 0.733. The monoisotopic (exact) mass is 251 g/mol. The molecule has 0 aliphatic carbocycles. The van der Waals surface area contributed by atoms with Crippen molar-refractivity contribution in [2.45, 2.75) is 6.92 Å². The maximum atomic E-state index is 5.95. The van der Waals surface area contributed by atoms with Crippen LogP contribution in [-0.4, -0.2) is 20.2 Å². The summed E-state index contributed by atoms with van der Waals surface area (Å²) in [6.45, 7) is 1.95. The van der Waals surface area contributed by atoms with Gasteiger partial charge in [0.25, 0.3) is 0 Å². The SMILES string of the molecule is Cc1cc(-c2[nH]nc(N)c2-c2ccccn2)ccn1. The summed E-state index contributed by atoms with van der Waals surface area (Å²) in [5.74, 6) is 0.447. The molecule has 0 aliphatic heterocycles. The van der Waals surface area contributed by atoms with E-state index in [1.165, 1.54) is 0 Å². The van der Waals surface area contributed by atoms with E-state index in [4.69, 9.17) is 5.73 Å². The van der Waals surface area contributed by atoms with Gasteiger partial charge in [0.15, 0.2) is 5.82 Å². The van der Waals surface area contributed by atoms with Crippen LogP contribution in [0.3, 0.4) is 0 Å². The van der Waals surface area contributed by atoms with Gasteiger partial charge in [-0.3, -0.25) is 15.1 Å². The van der Waals surface area contributed by atoms with Crippen molar-refractivity contribution in [1.29, 1.82) is 0 Å². The molecule has 0 spiro atoms. The van der Waals surface area contributed by atoms with Crippen LogP contribution in [0, 0.1) is 6.92 Å². The molecule has 0 bridgehead atoms. The average Bonchev–Trinajstić information content (AvgIpc) is 2.82. The van der Waals surface area contributed by atoms with Crippen molar-refractivity contribution in [2.75, 3.05) is 5.73 Å². The average molecular weight is 251 g/mol. The summed E-state index contributed by atoms with van der Waals surface area (Å²) >= 11 is 0. The number of nitrogens with one attached hydrogen (secondary N) is 1. The molecule has 19 heavy (non-hydrogen) atoms. The van der Waals surface area contributed by atoms with E-state index in [0.29, 0.717) is 5.82 Å². The van der Waals surface area contributed by atoms with Crippen molar-refractivity contribution in [3.8, 4) is 22.5 Å². The Kier molecular flexibility index (Phi) is 2.72. The van der Waals surface area contributed by atoms with Crippen LogP contribution in [0.4, 0.5) is 5.82 Å². The van der Waals surface area contributed by atoms with Gasteiger partial charge < -0.3 is 5.73 Å². The van der Waals surface area contributed by atoms with Crippen LogP contribution in [-0.2, 0) is 0 Å². The van der Waals surface area contributed by atoms with Crippen molar-refractivity contribution in [2.24, 2.45) is 0 Å². The number of nitrogens with two attached hydrogens (primary N) is 1. The first-order valence-corrected chi connectivity index (χ1v) is 5.94. The molecule has 0 radical (unpaired) electrons. The third kappa shape index (κ3) is 2.06. The smallest absolute Gasteiger partial charge is 0.155 e. The second-order valence-electron chi connectivity index (χ2n) is 4.26. The molecule has 0 saturated carbocycles. The molecule has 3 N–H and O–H groups in total. The first-order chi connectivity index (χ1) is 9.25. The third-order valence-corrected chi connectivity index (χ3v) is 2.90. The van der Waals surface area contributed by atoms with Gasteiger partial charge in [0, 0.05) is 23.7 Å². The molecule has 0 amide bonds. The Morgan fingerprint density at radius 1 is 1.11 bits per heavy atom. The first-order valence-electron chi connectivity index (χ1n) is 5.94. The van der Waals surface area contributed by atoms with Gasteiger partial charge in [-0.15, -0.1) is 0 Å². The predicted octanol–water partition coefficient (Wildman–Crippen LogP) is 2.42. The number of nitrogen functional groups attached to an aromatic ring is 1. The third-order valence-electron chi connectivity index (χ3n) is 2.90. The van der Waals surface area contributed by atoms with Crippen LogP contribution in [0.1, 0.15) is 5.69 Å². The fourth-order valence-corrected chi connectivity index (χ4v) is 2.04. The highest BCUT2D eigenvalue weighted by Crippen LogP contribution is 2.33. The summed E-state index contributed by atoms with van der Waals surface area (Å²) in [6, 6.07) is 9.62. The van der Waals surface area contributed by atoms with E-state index in [1.807, 2.05) is 37.3 Å². The molecule has 3 heterocycles. The topological polar surface area (TPSA) is 80.5 Å². The van der Waals surface area contributed by atoms with Crippen molar-refractivity contribution in [1.82, 2.24) is 20.2 Å². The number of pyridine rings is 2. The lowest BCUT2D eigenvalue weighted by Crippen LogP contribution is -1.91. The number of rotatable bonds is 2. The molecule has 0 unspecified atom stereocenters. The van der Waals surface area contributed by atoms with Gasteiger partial charge in [0.1, 0.15) is 0 Å². The number of hydrogen-bond donors (Lipinski definition) is 2. The van der Waals surface area contributed by atoms with E-state index in [1.54, 1.807) is 12.4 Å². The van der Waals surface area contributed by atoms with Crippen LogP contribution in [0.5, 0.6) is 0 Å². The van der Waals surface area contributed by atoms with E-state index < -0.39 is 0 Å². The lowest BCUT2D eigenvalue weighted by Gasteiger charge is -2.04. The van der Waals surface area contributed by atoms with Crippen molar-refractivity contribution < 1.29 is 0 Å². The Balaban J connectivity index is 2.19. The first kappa shape index (κ1) is 11.4. The minimum Gasteiger partial charge on any atom is -0.382 e. The Morgan fingerprint density at radius 2 is 2.00 bits per heavy atom. The molecule has 3 aromatic heterocycles. The number of hydrogen-bond acceptors (Lipinski definition) is 4. The number of nitrogens with zero attached hydrogens (tertiary/aromatic N) is 3. The number of aromatic nitrogens is 4. The van der Waals surface area contributed by atoms with Gasteiger partial charge >= 0.3 is 0 Å². The Labute approximate surface area is 110 Å². The van der Waals surface area contributed by atoms with Crippen LogP contribution in [0.15, 0.2) is 42.7 Å². The summed E-state index contributed by atoms with van der Waals surface area (Å²) in [6.07, 6.45) is 3.51. The highest BCUT2D eigenvalue weighted by Gasteiger charge is 2.15. The standard InChI is InChI=1S/C14H13N5/c1-9-8-10(5-7-16-9)13-12(14(15)19-18-13)11-4-2-3-6-17-11/h2-8H,1H3,(H3,15,18,19). The molecule has 3 rings (SSSR count). The summed E-state index contributed by atoms with van der Waals surface area (Å²) in [4.78, 5) is 8.53. The van der Waals surface area contributed by atoms with Crippen LogP contribution in [0.25, 0.3) is 22.5 Å². The Bertz CT molecular complexity index is 703. The van der Waals surface area contributed by atoms with E-state index in [9.17, 15) is 0 Å². The van der Waals surface area contributed by atoms with Crippen molar-refractivity contribution >= 4 is 5.82 Å². The molecule has 0 aliphatic rings. The van der Waals surface area contributed by atoms with Gasteiger partial charge in [-0.25, -0.2) is 0 Å². The maximum Gasteiger partial charge on any atom is 0.155 e. The lowest BCUT2D eigenvalue weighted by molar-refractivity contribution is 1.10. The van der Waals surface area contributed by atoms with E-state index >= 15 is 0 Å². The van der Waals surface area contributed by atoms with E-state index in [2.05, 4.69) is 20.2 Å². The van der Waals surface area contributed by atoms with Gasteiger partial charge in [0.05, 0.1) is 17.0 Å². The maximum absolute atomic E-state index is 5.95. The second kappa shape index (κ2) is 4.53. The van der Waals surface area contributed by atoms with Gasteiger partial charge in [-0.2, -0.15) is 5.10 Å². The van der Waals surface area contributed by atoms with Gasteiger partial charge in [-0.05, 0) is 31.2 Å². The molecule has 0 atom stereocenters. The van der Waals surface area contributed by atoms with E-state index in [0.717, 1.165) is 28.2 Å². The normalized spacial score (nSPS) is 10.6. The predicted molar refractivity (Wildman–Crippen MR) is 74.2 cm³/mol. The van der Waals surface area contributed by atoms with Gasteiger partial charge in [-0.1, -0.05) is 6.07 Å². The minimum atomic E-state index is 0.447.